The quantitative estimate of drug-likeness (QED) is 0.637. The van der Waals surface area contributed by atoms with Crippen LogP contribution >= 0.6 is 0 Å². The second kappa shape index (κ2) is 3.78. The van der Waals surface area contributed by atoms with Crippen LogP contribution in [0.4, 0.5) is 0 Å². The molecular formula is C10H9AlNO+3. The van der Waals surface area contributed by atoms with Gasteiger partial charge in [-0.25, -0.2) is 4.98 Å². The number of nitrogens with zero attached hydrogens (tertiary/aromatic N) is 1. The molecule has 0 aliphatic rings. The van der Waals surface area contributed by atoms with Crippen LogP contribution in [-0.4, -0.2) is 27.5 Å². The number of fused-ring (bicyclic) bond motifs is 1. The van der Waals surface area contributed by atoms with Crippen molar-refractivity contribution in [3.63, 3.8) is 0 Å². The maximum atomic E-state index is 9.43. The normalized spacial score (nSPS) is 9.62. The molecule has 3 heteroatoms. The third kappa shape index (κ3) is 1.83. The van der Waals surface area contributed by atoms with E-state index in [9.17, 15) is 5.11 Å². The summed E-state index contributed by atoms with van der Waals surface area (Å²) in [4.78, 5) is 4.23. The van der Waals surface area contributed by atoms with Gasteiger partial charge in [0.15, 0.2) is 0 Å². The number of phenols is 1. The Kier molecular flexibility index (Phi) is 2.92. The van der Waals surface area contributed by atoms with Gasteiger partial charge in [-0.15, -0.1) is 0 Å². The van der Waals surface area contributed by atoms with Crippen molar-refractivity contribution in [2.75, 3.05) is 0 Å². The summed E-state index contributed by atoms with van der Waals surface area (Å²) in [5.74, 6) is 0.246. The van der Waals surface area contributed by atoms with Gasteiger partial charge in [0, 0.05) is 11.1 Å². The van der Waals surface area contributed by atoms with Crippen LogP contribution in [0.5, 0.6) is 5.75 Å². The van der Waals surface area contributed by atoms with E-state index < -0.39 is 0 Å². The van der Waals surface area contributed by atoms with Crippen LogP contribution in [0.2, 0.25) is 0 Å². The molecule has 0 amide bonds. The van der Waals surface area contributed by atoms with Crippen LogP contribution in [-0.2, 0) is 0 Å². The summed E-state index contributed by atoms with van der Waals surface area (Å²) >= 11 is 0. The maximum absolute atomic E-state index is 9.43. The zero-order chi connectivity index (χ0) is 8.55. The van der Waals surface area contributed by atoms with Crippen molar-refractivity contribution in [3.8, 4) is 5.75 Å². The van der Waals surface area contributed by atoms with Gasteiger partial charge in [0.25, 0.3) is 0 Å². The van der Waals surface area contributed by atoms with E-state index in [1.807, 2.05) is 31.2 Å². The Morgan fingerprint density at radius 1 is 1.15 bits per heavy atom. The summed E-state index contributed by atoms with van der Waals surface area (Å²) < 4.78 is 0. The number of hydrogen-bond donors (Lipinski definition) is 1. The fourth-order valence-corrected chi connectivity index (χ4v) is 1.23. The van der Waals surface area contributed by atoms with E-state index >= 15 is 0 Å². The van der Waals surface area contributed by atoms with E-state index in [-0.39, 0.29) is 23.1 Å². The summed E-state index contributed by atoms with van der Waals surface area (Å²) in [7, 11) is 0. The fourth-order valence-electron chi connectivity index (χ4n) is 1.23. The van der Waals surface area contributed by atoms with Crippen LogP contribution in [0.1, 0.15) is 5.69 Å². The molecule has 0 saturated carbocycles. The van der Waals surface area contributed by atoms with E-state index in [0.29, 0.717) is 5.52 Å². The Morgan fingerprint density at radius 3 is 2.69 bits per heavy atom. The van der Waals surface area contributed by atoms with E-state index in [1.54, 1.807) is 6.07 Å². The average Bonchev–Trinajstić information content (AvgIpc) is 2.07. The Labute approximate surface area is 87.4 Å². The minimum absolute atomic E-state index is 0. The summed E-state index contributed by atoms with van der Waals surface area (Å²) in [5, 5.41) is 10.4. The molecule has 1 aromatic heterocycles. The first-order chi connectivity index (χ1) is 5.77. The standard InChI is InChI=1S/C10H9NO.Al/c1-7-5-6-8-3-2-4-9(12)10(8)11-7;/h2-6,12H,1H3;/q;+3. The van der Waals surface area contributed by atoms with Crippen molar-refractivity contribution in [1.29, 1.82) is 0 Å². The van der Waals surface area contributed by atoms with Gasteiger partial charge < -0.3 is 5.11 Å². The summed E-state index contributed by atoms with van der Waals surface area (Å²) in [5.41, 5.74) is 1.60. The van der Waals surface area contributed by atoms with Crippen LogP contribution in [0, 0.1) is 6.92 Å². The molecular weight excluding hydrogens is 177 g/mol. The van der Waals surface area contributed by atoms with E-state index in [1.165, 1.54) is 0 Å². The first kappa shape index (κ1) is 10.0. The average molecular weight is 186 g/mol. The number of phenolic OH excluding ortho intramolecular Hbond substituents is 1. The molecule has 1 N–H and O–H groups in total. The molecule has 0 aliphatic heterocycles. The van der Waals surface area contributed by atoms with Crippen LogP contribution in [0.3, 0.4) is 0 Å². The molecule has 0 spiro atoms. The molecule has 1 aromatic carbocycles. The second-order valence-electron chi connectivity index (χ2n) is 2.80. The molecule has 2 nitrogen and oxygen atoms in total. The molecule has 0 bridgehead atoms. The number of pyridine rings is 1. The van der Waals surface area contributed by atoms with Gasteiger partial charge in [0.1, 0.15) is 11.3 Å². The van der Waals surface area contributed by atoms with Crippen molar-refractivity contribution in [2.24, 2.45) is 0 Å². The summed E-state index contributed by atoms with van der Waals surface area (Å²) in [6.45, 7) is 1.91. The summed E-state index contributed by atoms with van der Waals surface area (Å²) in [6, 6.07) is 9.28. The molecule has 0 fully saturated rings. The Bertz CT molecular complexity index is 428. The topological polar surface area (TPSA) is 33.1 Å². The molecule has 0 atom stereocenters. The minimum atomic E-state index is 0. The van der Waals surface area contributed by atoms with Gasteiger partial charge in [-0.1, -0.05) is 18.2 Å². The molecule has 0 radical (unpaired) electrons. The Morgan fingerprint density at radius 2 is 1.92 bits per heavy atom. The zero-order valence-electron chi connectivity index (χ0n) is 7.36. The van der Waals surface area contributed by atoms with Crippen LogP contribution < -0.4 is 0 Å². The van der Waals surface area contributed by atoms with Crippen LogP contribution in [0.25, 0.3) is 10.9 Å². The van der Waals surface area contributed by atoms with Crippen molar-refractivity contribution in [2.45, 2.75) is 6.92 Å². The van der Waals surface area contributed by atoms with Crippen molar-refractivity contribution in [1.82, 2.24) is 4.98 Å². The largest absolute Gasteiger partial charge is 3.00 e. The smallest absolute Gasteiger partial charge is 0.506 e. The Balaban J connectivity index is 0.000000845. The molecule has 2 aromatic rings. The van der Waals surface area contributed by atoms with Gasteiger partial charge in [0.2, 0.25) is 0 Å². The minimum Gasteiger partial charge on any atom is -0.506 e. The number of aromatic nitrogens is 1. The molecule has 0 aliphatic carbocycles. The summed E-state index contributed by atoms with van der Waals surface area (Å²) in [6.07, 6.45) is 0. The molecule has 2 rings (SSSR count). The number of rotatable bonds is 0. The molecule has 0 saturated heterocycles. The van der Waals surface area contributed by atoms with Crippen molar-refractivity contribution >= 4 is 28.3 Å². The second-order valence-corrected chi connectivity index (χ2v) is 2.80. The van der Waals surface area contributed by atoms with E-state index in [4.69, 9.17) is 0 Å². The molecule has 13 heavy (non-hydrogen) atoms. The number of aromatic hydroxyl groups is 1. The predicted octanol–water partition coefficient (Wildman–Crippen LogP) is 1.87. The van der Waals surface area contributed by atoms with Gasteiger partial charge in [-0.2, -0.15) is 0 Å². The third-order valence-corrected chi connectivity index (χ3v) is 1.84. The first-order valence-electron chi connectivity index (χ1n) is 3.83. The SMILES string of the molecule is Cc1ccc2cccc(O)c2n1.[Al+3]. The number of benzene rings is 1. The fraction of sp³-hybridized carbons (Fsp3) is 0.100. The Hall–Kier alpha value is -1.04. The van der Waals surface area contributed by atoms with Gasteiger partial charge in [-0.3, -0.25) is 0 Å². The predicted molar refractivity (Wildman–Crippen MR) is 53.9 cm³/mol. The van der Waals surface area contributed by atoms with Crippen molar-refractivity contribution in [3.05, 3.63) is 36.0 Å². The zero-order valence-corrected chi connectivity index (χ0v) is 8.51. The molecule has 60 valence electrons. The number of aryl methyl sites for hydroxylation is 1. The monoisotopic (exact) mass is 186 g/mol. The van der Waals surface area contributed by atoms with Crippen LogP contribution in [0.15, 0.2) is 30.3 Å². The van der Waals surface area contributed by atoms with Gasteiger partial charge in [-0.05, 0) is 19.1 Å². The van der Waals surface area contributed by atoms with E-state index in [2.05, 4.69) is 4.98 Å². The first-order valence-corrected chi connectivity index (χ1v) is 3.83. The number of para-hydroxylation sites is 1. The molecule has 1 heterocycles. The maximum Gasteiger partial charge on any atom is 3.00 e. The third-order valence-electron chi connectivity index (χ3n) is 1.84. The van der Waals surface area contributed by atoms with Gasteiger partial charge >= 0.3 is 17.4 Å². The number of hydrogen-bond acceptors (Lipinski definition) is 2. The van der Waals surface area contributed by atoms with E-state index in [0.717, 1.165) is 11.1 Å². The molecule has 0 unspecified atom stereocenters. The van der Waals surface area contributed by atoms with Crippen molar-refractivity contribution < 1.29 is 5.11 Å². The van der Waals surface area contributed by atoms with Gasteiger partial charge in [0.05, 0.1) is 0 Å².